The maximum absolute atomic E-state index is 12.2. The fourth-order valence-corrected chi connectivity index (χ4v) is 2.97. The molecular formula is C18H17NO6S. The Labute approximate surface area is 154 Å². The highest BCUT2D eigenvalue weighted by atomic mass is 32.2. The fourth-order valence-electron chi connectivity index (χ4n) is 2.11. The minimum absolute atomic E-state index is 0.0213. The van der Waals surface area contributed by atoms with Gasteiger partial charge in [-0.2, -0.15) is 0 Å². The number of carbonyl (C=O) groups excluding carboxylic acids is 2. The van der Waals surface area contributed by atoms with Crippen LogP contribution in [0.5, 0.6) is 5.75 Å². The average molecular weight is 375 g/mol. The van der Waals surface area contributed by atoms with Crippen molar-refractivity contribution >= 4 is 29.2 Å². The number of nitro groups is 1. The molecule has 0 amide bonds. The van der Waals surface area contributed by atoms with Crippen LogP contribution in [-0.4, -0.2) is 35.6 Å². The molecule has 0 unspecified atom stereocenters. The van der Waals surface area contributed by atoms with Gasteiger partial charge in [-0.1, -0.05) is 12.1 Å². The van der Waals surface area contributed by atoms with Crippen molar-refractivity contribution in [3.05, 3.63) is 64.2 Å². The number of hydrogen-bond donors (Lipinski definition) is 0. The standard InChI is InChI=1S/C18H17NO6S/c1-12(26-14-9-7-13(8-10-14)19(22)23)18(21)25-11-16(20)15-5-3-4-6-17(15)24-2/h3-10,12H,11H2,1-2H3/t12-/m0/s1. The van der Waals surface area contributed by atoms with E-state index in [0.29, 0.717) is 16.2 Å². The predicted octanol–water partition coefficient (Wildman–Crippen LogP) is 3.51. The van der Waals surface area contributed by atoms with E-state index in [9.17, 15) is 19.7 Å². The number of methoxy groups -OCH3 is 1. The van der Waals surface area contributed by atoms with Gasteiger partial charge in [0.25, 0.3) is 5.69 Å². The van der Waals surface area contributed by atoms with E-state index in [2.05, 4.69) is 0 Å². The Morgan fingerprint density at radius 2 is 1.81 bits per heavy atom. The minimum atomic E-state index is -0.568. The SMILES string of the molecule is COc1ccccc1C(=O)COC(=O)[C@H](C)Sc1ccc([N+](=O)[O-])cc1. The topological polar surface area (TPSA) is 95.7 Å². The second-order valence-electron chi connectivity index (χ2n) is 5.24. The number of para-hydroxylation sites is 1. The number of hydrogen-bond acceptors (Lipinski definition) is 7. The van der Waals surface area contributed by atoms with Crippen LogP contribution in [0.25, 0.3) is 0 Å². The largest absolute Gasteiger partial charge is 0.496 e. The van der Waals surface area contributed by atoms with Gasteiger partial charge in [0.2, 0.25) is 5.78 Å². The lowest BCUT2D eigenvalue weighted by Crippen LogP contribution is -2.21. The number of ketones is 1. The summed E-state index contributed by atoms with van der Waals surface area (Å²) in [5, 5.41) is 10.1. The zero-order chi connectivity index (χ0) is 19.1. The zero-order valence-electron chi connectivity index (χ0n) is 14.2. The molecule has 0 heterocycles. The third-order valence-corrected chi connectivity index (χ3v) is 4.54. The molecule has 0 N–H and O–H groups in total. The third kappa shape index (κ3) is 5.06. The number of carbonyl (C=O) groups is 2. The van der Waals surface area contributed by atoms with E-state index in [1.807, 2.05) is 0 Å². The quantitative estimate of drug-likeness (QED) is 0.229. The van der Waals surface area contributed by atoms with Gasteiger partial charge in [0.1, 0.15) is 11.0 Å². The molecule has 136 valence electrons. The second kappa shape index (κ2) is 9.00. The summed E-state index contributed by atoms with van der Waals surface area (Å²) >= 11 is 1.19. The first-order valence-electron chi connectivity index (χ1n) is 7.66. The molecule has 26 heavy (non-hydrogen) atoms. The molecule has 0 bridgehead atoms. The summed E-state index contributed by atoms with van der Waals surface area (Å²) in [5.41, 5.74) is 0.324. The molecular weight excluding hydrogens is 358 g/mol. The van der Waals surface area contributed by atoms with Crippen LogP contribution >= 0.6 is 11.8 Å². The Bertz CT molecular complexity index is 806. The highest BCUT2D eigenvalue weighted by Gasteiger charge is 2.19. The Morgan fingerprint density at radius 3 is 2.42 bits per heavy atom. The number of Topliss-reactive ketones (excluding diaryl/α,β-unsaturated/α-hetero) is 1. The number of ether oxygens (including phenoxy) is 2. The first-order valence-corrected chi connectivity index (χ1v) is 8.54. The van der Waals surface area contributed by atoms with Gasteiger partial charge < -0.3 is 9.47 Å². The number of nitro benzene ring substituents is 1. The molecule has 0 spiro atoms. The molecule has 2 aromatic rings. The van der Waals surface area contributed by atoms with Gasteiger partial charge in [0.05, 0.1) is 17.6 Å². The summed E-state index contributed by atoms with van der Waals surface area (Å²) in [7, 11) is 1.46. The molecule has 0 aliphatic carbocycles. The molecule has 0 aliphatic rings. The summed E-state index contributed by atoms with van der Waals surface area (Å²) in [6.45, 7) is 1.26. The van der Waals surface area contributed by atoms with Gasteiger partial charge in [-0.05, 0) is 31.2 Å². The van der Waals surface area contributed by atoms with Crippen LogP contribution in [-0.2, 0) is 9.53 Å². The number of esters is 1. The number of rotatable bonds is 8. The molecule has 1 atom stereocenters. The Hall–Kier alpha value is -2.87. The Balaban J connectivity index is 1.90. The Morgan fingerprint density at radius 1 is 1.15 bits per heavy atom. The third-order valence-electron chi connectivity index (χ3n) is 3.45. The molecule has 0 aromatic heterocycles. The summed E-state index contributed by atoms with van der Waals surface area (Å²) < 4.78 is 10.2. The van der Waals surface area contributed by atoms with E-state index in [0.717, 1.165) is 0 Å². The van der Waals surface area contributed by atoms with Gasteiger partial charge >= 0.3 is 5.97 Å². The van der Waals surface area contributed by atoms with Gasteiger partial charge in [-0.3, -0.25) is 19.7 Å². The maximum Gasteiger partial charge on any atom is 0.319 e. The van der Waals surface area contributed by atoms with Crippen molar-refractivity contribution in [2.24, 2.45) is 0 Å². The average Bonchev–Trinajstić information content (AvgIpc) is 2.66. The van der Waals surface area contributed by atoms with E-state index >= 15 is 0 Å². The van der Waals surface area contributed by atoms with Crippen molar-refractivity contribution in [3.8, 4) is 5.75 Å². The molecule has 0 radical (unpaired) electrons. The van der Waals surface area contributed by atoms with E-state index < -0.39 is 16.1 Å². The number of non-ortho nitro benzene ring substituents is 1. The lowest BCUT2D eigenvalue weighted by molar-refractivity contribution is -0.384. The van der Waals surface area contributed by atoms with Crippen molar-refractivity contribution in [1.82, 2.24) is 0 Å². The van der Waals surface area contributed by atoms with Gasteiger partial charge in [-0.15, -0.1) is 11.8 Å². The summed E-state index contributed by atoms with van der Waals surface area (Å²) in [6.07, 6.45) is 0. The Kier molecular flexibility index (Phi) is 6.74. The van der Waals surface area contributed by atoms with Gasteiger partial charge in [0, 0.05) is 17.0 Å². The van der Waals surface area contributed by atoms with Crippen LogP contribution in [0.15, 0.2) is 53.4 Å². The predicted molar refractivity (Wildman–Crippen MR) is 96.7 cm³/mol. The first kappa shape index (κ1) is 19.5. The molecule has 0 saturated carbocycles. The monoisotopic (exact) mass is 375 g/mol. The first-order chi connectivity index (χ1) is 12.4. The number of thioether (sulfide) groups is 1. The maximum atomic E-state index is 12.2. The molecule has 7 nitrogen and oxygen atoms in total. The van der Waals surface area contributed by atoms with Crippen LogP contribution in [0.3, 0.4) is 0 Å². The molecule has 2 rings (SSSR count). The molecule has 2 aromatic carbocycles. The van der Waals surface area contributed by atoms with Crippen molar-refractivity contribution in [1.29, 1.82) is 0 Å². The molecule has 0 saturated heterocycles. The minimum Gasteiger partial charge on any atom is -0.496 e. The summed E-state index contributed by atoms with van der Waals surface area (Å²) in [4.78, 5) is 35.1. The van der Waals surface area contributed by atoms with Crippen molar-refractivity contribution < 1.29 is 24.0 Å². The van der Waals surface area contributed by atoms with Crippen molar-refractivity contribution in [2.75, 3.05) is 13.7 Å². The van der Waals surface area contributed by atoms with Crippen molar-refractivity contribution in [3.63, 3.8) is 0 Å². The van der Waals surface area contributed by atoms with Crippen LogP contribution in [0, 0.1) is 10.1 Å². The van der Waals surface area contributed by atoms with Crippen LogP contribution < -0.4 is 4.74 Å². The smallest absolute Gasteiger partial charge is 0.319 e. The van der Waals surface area contributed by atoms with E-state index in [4.69, 9.17) is 9.47 Å². The fraction of sp³-hybridized carbons (Fsp3) is 0.222. The van der Waals surface area contributed by atoms with Gasteiger partial charge in [-0.25, -0.2) is 0 Å². The second-order valence-corrected chi connectivity index (χ2v) is 6.66. The van der Waals surface area contributed by atoms with Crippen LogP contribution in [0.4, 0.5) is 5.69 Å². The van der Waals surface area contributed by atoms with Crippen molar-refractivity contribution in [2.45, 2.75) is 17.1 Å². The lowest BCUT2D eigenvalue weighted by Gasteiger charge is -2.12. The van der Waals surface area contributed by atoms with E-state index in [1.54, 1.807) is 43.3 Å². The zero-order valence-corrected chi connectivity index (χ0v) is 15.0. The molecule has 8 heteroatoms. The van der Waals surface area contributed by atoms with Gasteiger partial charge in [0.15, 0.2) is 6.61 Å². The lowest BCUT2D eigenvalue weighted by atomic mass is 10.1. The number of nitrogens with zero attached hydrogens (tertiary/aromatic N) is 1. The van der Waals surface area contributed by atoms with Crippen LogP contribution in [0.2, 0.25) is 0 Å². The number of benzene rings is 2. The molecule has 0 aliphatic heterocycles. The van der Waals surface area contributed by atoms with Crippen LogP contribution in [0.1, 0.15) is 17.3 Å². The molecule has 0 fully saturated rings. The van der Waals surface area contributed by atoms with E-state index in [1.165, 1.54) is 31.0 Å². The normalized spacial score (nSPS) is 11.5. The highest BCUT2D eigenvalue weighted by molar-refractivity contribution is 8.00. The summed E-state index contributed by atoms with van der Waals surface area (Å²) in [6, 6.07) is 12.6. The highest BCUT2D eigenvalue weighted by Crippen LogP contribution is 2.26. The summed E-state index contributed by atoms with van der Waals surface area (Å²) in [5.74, 6) is -0.484. The van der Waals surface area contributed by atoms with E-state index in [-0.39, 0.29) is 18.1 Å².